The molecule has 1 aromatic carbocycles. The van der Waals surface area contributed by atoms with Gasteiger partial charge in [0.1, 0.15) is 6.54 Å². The van der Waals surface area contributed by atoms with Crippen LogP contribution in [0, 0.1) is 5.41 Å². The SMILES string of the molecule is O=c1[nH]c(C[NH+]2CCCC3(CCCCC3)C2)nc2c1C1(CCCC1)Cc1ccccc1-2. The highest BCUT2D eigenvalue weighted by Gasteiger charge is 2.44. The fourth-order valence-electron chi connectivity index (χ4n) is 7.66. The Morgan fingerprint density at radius 2 is 1.68 bits per heavy atom. The first-order valence-corrected chi connectivity index (χ1v) is 12.7. The van der Waals surface area contributed by atoms with Gasteiger partial charge >= 0.3 is 0 Å². The summed E-state index contributed by atoms with van der Waals surface area (Å²) >= 11 is 0. The van der Waals surface area contributed by atoms with E-state index in [0.29, 0.717) is 5.41 Å². The third-order valence-corrected chi connectivity index (χ3v) is 9.05. The molecule has 1 saturated heterocycles. The van der Waals surface area contributed by atoms with Crippen molar-refractivity contribution in [1.29, 1.82) is 0 Å². The summed E-state index contributed by atoms with van der Waals surface area (Å²) in [5.41, 5.74) is 5.26. The van der Waals surface area contributed by atoms with Gasteiger partial charge in [0.15, 0.2) is 5.82 Å². The summed E-state index contributed by atoms with van der Waals surface area (Å²) < 4.78 is 0. The molecule has 2 aromatic rings. The quantitative estimate of drug-likeness (QED) is 0.776. The Hall–Kier alpha value is -1.94. The molecule has 2 N–H and O–H groups in total. The molecule has 4 heteroatoms. The van der Waals surface area contributed by atoms with E-state index in [2.05, 4.69) is 29.2 Å². The molecule has 0 radical (unpaired) electrons. The number of likely N-dealkylation sites (tertiary alicyclic amines) is 1. The maximum absolute atomic E-state index is 13.5. The number of nitrogens with one attached hydrogen (secondary N) is 2. The molecule has 1 unspecified atom stereocenters. The molecule has 2 heterocycles. The van der Waals surface area contributed by atoms with Crippen molar-refractivity contribution in [3.63, 3.8) is 0 Å². The van der Waals surface area contributed by atoms with Gasteiger partial charge in [0.2, 0.25) is 0 Å². The molecular formula is C27H36N3O+. The zero-order chi connectivity index (χ0) is 20.9. The van der Waals surface area contributed by atoms with Crippen molar-refractivity contribution >= 4 is 0 Å². The van der Waals surface area contributed by atoms with Crippen LogP contribution in [0.4, 0.5) is 0 Å². The minimum Gasteiger partial charge on any atom is -0.328 e. The molecule has 1 atom stereocenters. The van der Waals surface area contributed by atoms with Gasteiger partial charge in [-0.1, -0.05) is 56.4 Å². The molecule has 2 saturated carbocycles. The largest absolute Gasteiger partial charge is 0.328 e. The number of hydrogen-bond acceptors (Lipinski definition) is 2. The molecule has 4 nitrogen and oxygen atoms in total. The fourth-order valence-corrected chi connectivity index (χ4v) is 7.66. The Morgan fingerprint density at radius 1 is 0.935 bits per heavy atom. The van der Waals surface area contributed by atoms with Crippen molar-refractivity contribution in [2.75, 3.05) is 13.1 Å². The lowest BCUT2D eigenvalue weighted by Gasteiger charge is -2.42. The van der Waals surface area contributed by atoms with Crippen LogP contribution in [0.5, 0.6) is 0 Å². The first kappa shape index (κ1) is 19.7. The minimum absolute atomic E-state index is 0.00688. The molecule has 1 aromatic heterocycles. The molecule has 164 valence electrons. The molecule has 1 aliphatic heterocycles. The van der Waals surface area contributed by atoms with Crippen LogP contribution in [-0.4, -0.2) is 23.1 Å². The maximum Gasteiger partial charge on any atom is 0.255 e. The number of aromatic amines is 1. The molecule has 0 amide bonds. The molecule has 6 rings (SSSR count). The summed E-state index contributed by atoms with van der Waals surface area (Å²) in [4.78, 5) is 23.6. The van der Waals surface area contributed by atoms with E-state index in [4.69, 9.17) is 4.98 Å². The summed E-state index contributed by atoms with van der Waals surface area (Å²) in [5.74, 6) is 0.899. The van der Waals surface area contributed by atoms with Gasteiger partial charge < -0.3 is 9.88 Å². The average molecular weight is 419 g/mol. The second kappa shape index (κ2) is 7.58. The maximum atomic E-state index is 13.5. The van der Waals surface area contributed by atoms with Crippen LogP contribution >= 0.6 is 0 Å². The lowest BCUT2D eigenvalue weighted by atomic mass is 9.68. The Labute approximate surface area is 185 Å². The summed E-state index contributed by atoms with van der Waals surface area (Å²) in [5, 5.41) is 0. The van der Waals surface area contributed by atoms with E-state index in [1.807, 2.05) is 0 Å². The van der Waals surface area contributed by atoms with E-state index in [9.17, 15) is 4.79 Å². The third kappa shape index (κ3) is 3.38. The Kier molecular flexibility index (Phi) is 4.82. The van der Waals surface area contributed by atoms with Crippen LogP contribution in [0.2, 0.25) is 0 Å². The molecule has 31 heavy (non-hydrogen) atoms. The van der Waals surface area contributed by atoms with Gasteiger partial charge in [0.25, 0.3) is 5.56 Å². The molecule has 2 spiro atoms. The van der Waals surface area contributed by atoms with Crippen molar-refractivity contribution in [2.24, 2.45) is 5.41 Å². The monoisotopic (exact) mass is 418 g/mol. The van der Waals surface area contributed by atoms with Crippen LogP contribution in [-0.2, 0) is 18.4 Å². The number of nitrogens with zero attached hydrogens (tertiary/aromatic N) is 1. The lowest BCUT2D eigenvalue weighted by molar-refractivity contribution is -0.927. The highest BCUT2D eigenvalue weighted by Crippen LogP contribution is 2.49. The van der Waals surface area contributed by atoms with E-state index in [-0.39, 0.29) is 11.0 Å². The van der Waals surface area contributed by atoms with Crippen LogP contribution < -0.4 is 10.5 Å². The van der Waals surface area contributed by atoms with Crippen molar-refractivity contribution in [3.8, 4) is 11.3 Å². The number of aromatic nitrogens is 2. The number of piperidine rings is 1. The van der Waals surface area contributed by atoms with Gasteiger partial charge in [-0.2, -0.15) is 0 Å². The minimum atomic E-state index is 0.00688. The zero-order valence-electron chi connectivity index (χ0n) is 18.8. The van der Waals surface area contributed by atoms with Crippen LogP contribution in [0.25, 0.3) is 11.3 Å². The number of benzene rings is 1. The Morgan fingerprint density at radius 3 is 2.52 bits per heavy atom. The van der Waals surface area contributed by atoms with E-state index in [1.54, 1.807) is 4.90 Å². The highest BCUT2D eigenvalue weighted by molar-refractivity contribution is 5.71. The number of hydrogen-bond donors (Lipinski definition) is 2. The summed E-state index contributed by atoms with van der Waals surface area (Å²) in [6.07, 6.45) is 15.4. The van der Waals surface area contributed by atoms with Crippen LogP contribution in [0.15, 0.2) is 29.1 Å². The topological polar surface area (TPSA) is 50.2 Å². The smallest absolute Gasteiger partial charge is 0.255 e. The van der Waals surface area contributed by atoms with E-state index in [0.717, 1.165) is 42.9 Å². The standard InChI is InChI=1S/C27H35N3O/c31-25-23-24(21-10-3-2-9-20(21)17-27(23)14-6-7-15-27)28-22(29-25)18-30-16-8-13-26(19-30)11-4-1-5-12-26/h2-3,9-10H,1,4-8,11-19H2,(H,28,29,31)/p+1. The van der Waals surface area contributed by atoms with Gasteiger partial charge in [-0.15, -0.1) is 0 Å². The van der Waals surface area contributed by atoms with Crippen LogP contribution in [0.3, 0.4) is 0 Å². The van der Waals surface area contributed by atoms with E-state index < -0.39 is 0 Å². The van der Waals surface area contributed by atoms with E-state index >= 15 is 0 Å². The van der Waals surface area contributed by atoms with Gasteiger partial charge in [-0.3, -0.25) is 4.79 Å². The number of H-pyrrole nitrogens is 1. The van der Waals surface area contributed by atoms with Gasteiger partial charge in [-0.05, 0) is 50.5 Å². The Bertz CT molecular complexity index is 1020. The Balaban J connectivity index is 1.35. The van der Waals surface area contributed by atoms with Crippen LogP contribution in [0.1, 0.15) is 87.6 Å². The first-order chi connectivity index (χ1) is 15.2. The number of quaternary nitrogens is 1. The second-order valence-corrected chi connectivity index (χ2v) is 11.1. The lowest BCUT2D eigenvalue weighted by Crippen LogP contribution is -3.13. The number of rotatable bonds is 2. The zero-order valence-corrected chi connectivity index (χ0v) is 18.8. The van der Waals surface area contributed by atoms with Crippen molar-refractivity contribution < 1.29 is 4.90 Å². The first-order valence-electron chi connectivity index (χ1n) is 12.7. The van der Waals surface area contributed by atoms with Crippen molar-refractivity contribution in [3.05, 3.63) is 51.6 Å². The van der Waals surface area contributed by atoms with Crippen molar-refractivity contribution in [2.45, 2.75) is 89.0 Å². The fraction of sp³-hybridized carbons (Fsp3) is 0.630. The summed E-state index contributed by atoms with van der Waals surface area (Å²) in [6, 6.07) is 8.67. The number of fused-ring (bicyclic) bond motifs is 4. The summed E-state index contributed by atoms with van der Waals surface area (Å²) in [7, 11) is 0. The molecular weight excluding hydrogens is 382 g/mol. The summed E-state index contributed by atoms with van der Waals surface area (Å²) in [6.45, 7) is 3.33. The molecule has 3 fully saturated rings. The second-order valence-electron chi connectivity index (χ2n) is 11.1. The normalized spacial score (nSPS) is 26.0. The average Bonchev–Trinajstić information content (AvgIpc) is 3.22. The molecule has 3 aliphatic carbocycles. The highest BCUT2D eigenvalue weighted by atomic mass is 16.1. The van der Waals surface area contributed by atoms with Gasteiger partial charge in [-0.25, -0.2) is 4.98 Å². The van der Waals surface area contributed by atoms with E-state index in [1.165, 1.54) is 82.0 Å². The van der Waals surface area contributed by atoms with Crippen molar-refractivity contribution in [1.82, 2.24) is 9.97 Å². The predicted molar refractivity (Wildman–Crippen MR) is 123 cm³/mol. The van der Waals surface area contributed by atoms with Gasteiger partial charge in [0, 0.05) is 16.4 Å². The predicted octanol–water partition coefficient (Wildman–Crippen LogP) is 3.93. The molecule has 0 bridgehead atoms. The molecule has 4 aliphatic rings. The van der Waals surface area contributed by atoms with Gasteiger partial charge in [0.05, 0.1) is 24.3 Å². The third-order valence-electron chi connectivity index (χ3n) is 9.05.